The van der Waals surface area contributed by atoms with E-state index in [0.717, 1.165) is 50.1 Å². The summed E-state index contributed by atoms with van der Waals surface area (Å²) in [6.07, 6.45) is 0. The molecule has 0 saturated heterocycles. The fourth-order valence-electron chi connectivity index (χ4n) is 13.0. The molecule has 328 valence electrons. The molecule has 15 rings (SSSR count). The highest BCUT2D eigenvalue weighted by Crippen LogP contribution is 2.65. The van der Waals surface area contributed by atoms with Gasteiger partial charge in [0.2, 0.25) is 0 Å². The van der Waals surface area contributed by atoms with Crippen molar-refractivity contribution in [2.24, 2.45) is 0 Å². The van der Waals surface area contributed by atoms with E-state index in [0.29, 0.717) is 0 Å². The van der Waals surface area contributed by atoms with Crippen molar-refractivity contribution in [3.05, 3.63) is 270 Å². The molecule has 2 nitrogen and oxygen atoms in total. The lowest BCUT2D eigenvalue weighted by molar-refractivity contribution is 0.660. The van der Waals surface area contributed by atoms with Crippen molar-refractivity contribution in [1.29, 1.82) is 0 Å². The Bertz CT molecular complexity index is 4120. The number of nitrogens with zero attached hydrogens (tertiary/aromatic N) is 1. The first-order valence-electron chi connectivity index (χ1n) is 24.5. The van der Waals surface area contributed by atoms with Crippen molar-refractivity contribution >= 4 is 49.8 Å². The van der Waals surface area contributed by atoms with E-state index in [-0.39, 0.29) is 5.41 Å². The summed E-state index contributed by atoms with van der Waals surface area (Å²) in [5.41, 5.74) is 24.8. The minimum Gasteiger partial charge on any atom is -0.456 e. The van der Waals surface area contributed by atoms with E-state index in [1.807, 2.05) is 12.1 Å². The maximum absolute atomic E-state index is 6.39. The lowest BCUT2D eigenvalue weighted by atomic mass is 9.70. The molecule has 1 aromatic heterocycles. The number of furan rings is 1. The Hall–Kier alpha value is -8.72. The summed E-state index contributed by atoms with van der Waals surface area (Å²) in [6.45, 7) is 4.76. The molecule has 2 heteroatoms. The third-order valence-corrected chi connectivity index (χ3v) is 16.1. The summed E-state index contributed by atoms with van der Waals surface area (Å²) in [5, 5.41) is 4.74. The summed E-state index contributed by atoms with van der Waals surface area (Å²) in [6, 6.07) is 88.4. The van der Waals surface area contributed by atoms with E-state index in [9.17, 15) is 0 Å². The van der Waals surface area contributed by atoms with E-state index in [1.165, 1.54) is 88.7 Å². The number of rotatable bonds is 5. The number of hydrogen-bond acceptors (Lipinski definition) is 2. The zero-order valence-electron chi connectivity index (χ0n) is 38.9. The van der Waals surface area contributed by atoms with Crippen LogP contribution in [0.3, 0.4) is 0 Å². The smallest absolute Gasteiger partial charge is 0.136 e. The van der Waals surface area contributed by atoms with Gasteiger partial charge in [0.15, 0.2) is 0 Å². The summed E-state index contributed by atoms with van der Waals surface area (Å²) in [5.74, 6) is 0. The maximum atomic E-state index is 6.39. The van der Waals surface area contributed by atoms with Crippen molar-refractivity contribution < 1.29 is 4.42 Å². The molecular formula is C68H45NO. The van der Waals surface area contributed by atoms with Crippen LogP contribution in [0.2, 0.25) is 0 Å². The van der Waals surface area contributed by atoms with Crippen LogP contribution in [0.1, 0.15) is 47.2 Å². The molecule has 0 bridgehead atoms. The minimum absolute atomic E-state index is 0.187. The molecule has 0 saturated carbocycles. The van der Waals surface area contributed by atoms with Crippen LogP contribution < -0.4 is 4.90 Å². The van der Waals surface area contributed by atoms with Crippen molar-refractivity contribution in [3.8, 4) is 55.6 Å². The van der Waals surface area contributed by atoms with Gasteiger partial charge in [-0.3, -0.25) is 0 Å². The molecule has 0 aliphatic heterocycles. The van der Waals surface area contributed by atoms with Gasteiger partial charge in [0.05, 0.1) is 11.1 Å². The second-order valence-electron chi connectivity index (χ2n) is 19.9. The van der Waals surface area contributed by atoms with E-state index in [2.05, 4.69) is 243 Å². The Morgan fingerprint density at radius 1 is 0.329 bits per heavy atom. The Labute approximate surface area is 407 Å². The normalized spacial score (nSPS) is 14.1. The fraction of sp³-hybridized carbons (Fsp3) is 0.0588. The number of hydrogen-bond donors (Lipinski definition) is 0. The lowest BCUT2D eigenvalue weighted by Crippen LogP contribution is -2.26. The number of para-hydroxylation sites is 1. The molecule has 1 spiro atoms. The van der Waals surface area contributed by atoms with Gasteiger partial charge >= 0.3 is 0 Å². The van der Waals surface area contributed by atoms with Gasteiger partial charge in [0.1, 0.15) is 11.2 Å². The van der Waals surface area contributed by atoms with Gasteiger partial charge in [-0.15, -0.1) is 0 Å². The van der Waals surface area contributed by atoms with Gasteiger partial charge in [-0.2, -0.15) is 0 Å². The molecule has 0 atom stereocenters. The average Bonchev–Trinajstić information content (AvgIpc) is 4.10. The molecule has 1 heterocycles. The molecule has 0 radical (unpaired) electrons. The van der Waals surface area contributed by atoms with E-state index in [4.69, 9.17) is 4.42 Å². The highest BCUT2D eigenvalue weighted by atomic mass is 16.3. The third-order valence-electron chi connectivity index (χ3n) is 16.1. The van der Waals surface area contributed by atoms with E-state index >= 15 is 0 Å². The van der Waals surface area contributed by atoms with Crippen LogP contribution in [-0.2, 0) is 10.8 Å². The quantitative estimate of drug-likeness (QED) is 0.171. The highest BCUT2D eigenvalue weighted by Gasteiger charge is 2.53. The monoisotopic (exact) mass is 891 g/mol. The van der Waals surface area contributed by atoms with Crippen LogP contribution in [0.25, 0.3) is 88.3 Å². The topological polar surface area (TPSA) is 16.4 Å². The zero-order valence-corrected chi connectivity index (χ0v) is 38.9. The van der Waals surface area contributed by atoms with Gasteiger partial charge in [0.25, 0.3) is 0 Å². The maximum Gasteiger partial charge on any atom is 0.136 e. The van der Waals surface area contributed by atoms with Gasteiger partial charge in [-0.05, 0) is 149 Å². The van der Waals surface area contributed by atoms with E-state index in [1.54, 1.807) is 0 Å². The summed E-state index contributed by atoms with van der Waals surface area (Å²) < 4.78 is 6.39. The predicted octanol–water partition coefficient (Wildman–Crippen LogP) is 18.2. The summed E-state index contributed by atoms with van der Waals surface area (Å²) >= 11 is 0. The van der Waals surface area contributed by atoms with Crippen molar-refractivity contribution in [2.75, 3.05) is 4.90 Å². The Morgan fingerprint density at radius 2 is 0.871 bits per heavy atom. The second kappa shape index (κ2) is 14.4. The van der Waals surface area contributed by atoms with Crippen molar-refractivity contribution in [3.63, 3.8) is 0 Å². The van der Waals surface area contributed by atoms with Crippen LogP contribution in [0.15, 0.2) is 241 Å². The first kappa shape index (κ1) is 39.3. The third kappa shape index (κ3) is 5.28. The molecule has 0 unspecified atom stereocenters. The van der Waals surface area contributed by atoms with Gasteiger partial charge < -0.3 is 9.32 Å². The Balaban J connectivity index is 1.03. The van der Waals surface area contributed by atoms with Crippen LogP contribution >= 0.6 is 0 Å². The predicted molar refractivity (Wildman–Crippen MR) is 291 cm³/mol. The number of benzene rings is 11. The molecule has 3 aliphatic rings. The van der Waals surface area contributed by atoms with Crippen LogP contribution in [0, 0.1) is 0 Å². The second-order valence-corrected chi connectivity index (χ2v) is 19.9. The van der Waals surface area contributed by atoms with Crippen molar-refractivity contribution in [1.82, 2.24) is 0 Å². The number of fused-ring (bicyclic) bond motifs is 17. The minimum atomic E-state index is -0.541. The molecule has 12 aromatic rings. The Kier molecular flexibility index (Phi) is 8.08. The first-order chi connectivity index (χ1) is 34.5. The SMILES string of the molecule is CC1(C)c2ccccc2-c2ccc(N(c3ccc(-c4ccc5c(c4)oc4ccccc45)cc3)c3cc(-c4cccc5ccccc45)cc4c3-c3ccccc3C43c4ccccc4-c4ccccc43)cc21. The average molecular weight is 892 g/mol. The van der Waals surface area contributed by atoms with Gasteiger partial charge in [-0.25, -0.2) is 0 Å². The van der Waals surface area contributed by atoms with E-state index < -0.39 is 5.41 Å². The van der Waals surface area contributed by atoms with Crippen LogP contribution in [-0.4, -0.2) is 0 Å². The Morgan fingerprint density at radius 3 is 1.63 bits per heavy atom. The standard InChI is InChI=1S/C68H45NO/c1-67(2)57-25-10-5-19-50(57)53-37-35-47(41-61(53)67)69(46-33-30-42(31-34-46)44-32-36-55-54-22-9-14-29-64(54)70-65(55)40-44)63-39-45(49-24-15-17-43-16-3-4-18-48(43)49)38-62-66(63)56-23-8-13-28-60(56)68(62)58-26-11-6-20-51(58)52-21-7-12-27-59(52)68/h3-41H,1-2H3. The largest absolute Gasteiger partial charge is 0.456 e. The molecule has 0 N–H and O–H groups in total. The van der Waals surface area contributed by atoms with Crippen LogP contribution in [0.5, 0.6) is 0 Å². The molecule has 0 amide bonds. The molecule has 3 aliphatic carbocycles. The summed E-state index contributed by atoms with van der Waals surface area (Å²) in [4.78, 5) is 2.56. The zero-order chi connectivity index (χ0) is 46.3. The van der Waals surface area contributed by atoms with Crippen molar-refractivity contribution in [2.45, 2.75) is 24.7 Å². The summed E-state index contributed by atoms with van der Waals surface area (Å²) in [7, 11) is 0. The van der Waals surface area contributed by atoms with Gasteiger partial charge in [0, 0.05) is 33.1 Å². The molecule has 0 fully saturated rings. The number of anilines is 3. The molecular weight excluding hydrogens is 847 g/mol. The van der Waals surface area contributed by atoms with Crippen LogP contribution in [0.4, 0.5) is 17.1 Å². The highest BCUT2D eigenvalue weighted by molar-refractivity contribution is 6.07. The molecule has 11 aromatic carbocycles. The molecule has 70 heavy (non-hydrogen) atoms. The lowest BCUT2D eigenvalue weighted by Gasteiger charge is -2.33. The van der Waals surface area contributed by atoms with Gasteiger partial charge in [-0.1, -0.05) is 196 Å². The first-order valence-corrected chi connectivity index (χ1v) is 24.5. The fourth-order valence-corrected chi connectivity index (χ4v) is 13.0.